The molecular formula is C17H14ClN7O2S2. The second-order valence-corrected chi connectivity index (χ2v) is 8.78. The molecule has 0 spiro atoms. The lowest BCUT2D eigenvalue weighted by atomic mass is 10.3. The summed E-state index contributed by atoms with van der Waals surface area (Å²) in [6, 6.07) is 8.43. The molecule has 0 aliphatic rings. The van der Waals surface area contributed by atoms with Gasteiger partial charge in [-0.3, -0.25) is 14.4 Å². The lowest BCUT2D eigenvalue weighted by Crippen LogP contribution is -2.14. The molecule has 2 N–H and O–H groups in total. The van der Waals surface area contributed by atoms with Crippen molar-refractivity contribution in [2.24, 2.45) is 0 Å². The van der Waals surface area contributed by atoms with Gasteiger partial charge < -0.3 is 5.32 Å². The number of halogens is 1. The first-order chi connectivity index (χ1) is 14.0. The van der Waals surface area contributed by atoms with Crippen LogP contribution >= 0.6 is 22.9 Å². The zero-order valence-corrected chi connectivity index (χ0v) is 17.1. The second kappa shape index (κ2) is 8.15. The maximum atomic E-state index is 12.3. The Labute approximate surface area is 175 Å². The maximum absolute atomic E-state index is 12.3. The van der Waals surface area contributed by atoms with Crippen molar-refractivity contribution in [3.63, 3.8) is 0 Å². The van der Waals surface area contributed by atoms with Crippen molar-refractivity contribution in [1.29, 1.82) is 0 Å². The first-order valence-electron chi connectivity index (χ1n) is 8.27. The zero-order chi connectivity index (χ0) is 20.3. The first kappa shape index (κ1) is 19.3. The number of anilines is 3. The lowest BCUT2D eigenvalue weighted by Gasteiger charge is -2.06. The Kier molecular flexibility index (Phi) is 5.43. The number of hydrogen-bond donors (Lipinski definition) is 2. The SMILES string of the molecule is O=S(=O)(Nc1nccs1)c1ccc(Nc2ccn(Cc3ccc(Cl)cn3)n2)cn1. The molecule has 4 aromatic rings. The third-order valence-electron chi connectivity index (χ3n) is 3.69. The van der Waals surface area contributed by atoms with Crippen molar-refractivity contribution in [2.75, 3.05) is 10.0 Å². The minimum absolute atomic E-state index is 0.0995. The monoisotopic (exact) mass is 447 g/mol. The van der Waals surface area contributed by atoms with Crippen LogP contribution in [0.5, 0.6) is 0 Å². The van der Waals surface area contributed by atoms with Crippen molar-refractivity contribution in [1.82, 2.24) is 24.7 Å². The van der Waals surface area contributed by atoms with Crippen LogP contribution in [0.1, 0.15) is 5.69 Å². The van der Waals surface area contributed by atoms with Gasteiger partial charge >= 0.3 is 0 Å². The number of nitrogens with one attached hydrogen (secondary N) is 2. The molecule has 148 valence electrons. The fourth-order valence-corrected chi connectivity index (χ4v) is 4.22. The Bertz CT molecular complexity index is 1190. The predicted molar refractivity (Wildman–Crippen MR) is 111 cm³/mol. The average Bonchev–Trinajstić information content (AvgIpc) is 3.36. The Morgan fingerprint density at radius 3 is 2.66 bits per heavy atom. The average molecular weight is 448 g/mol. The Balaban J connectivity index is 1.41. The van der Waals surface area contributed by atoms with E-state index in [0.29, 0.717) is 23.1 Å². The number of nitrogens with zero attached hydrogens (tertiary/aromatic N) is 5. The van der Waals surface area contributed by atoms with E-state index in [-0.39, 0.29) is 10.2 Å². The lowest BCUT2D eigenvalue weighted by molar-refractivity contribution is 0.597. The third kappa shape index (κ3) is 4.88. The molecule has 0 saturated heterocycles. The maximum Gasteiger partial charge on any atom is 0.281 e. The van der Waals surface area contributed by atoms with Crippen LogP contribution < -0.4 is 10.0 Å². The topological polar surface area (TPSA) is 115 Å². The summed E-state index contributed by atoms with van der Waals surface area (Å²) in [5.41, 5.74) is 1.43. The van der Waals surface area contributed by atoms with Crippen LogP contribution in [-0.2, 0) is 16.6 Å². The predicted octanol–water partition coefficient (Wildman–Crippen LogP) is 3.38. The number of thiazole rings is 1. The molecule has 29 heavy (non-hydrogen) atoms. The molecule has 0 radical (unpaired) electrons. The molecule has 0 amide bonds. The van der Waals surface area contributed by atoms with E-state index in [9.17, 15) is 8.42 Å². The van der Waals surface area contributed by atoms with Gasteiger partial charge in [-0.05, 0) is 24.3 Å². The summed E-state index contributed by atoms with van der Waals surface area (Å²) in [4.78, 5) is 12.2. The molecule has 0 saturated carbocycles. The van der Waals surface area contributed by atoms with Gasteiger partial charge in [-0.1, -0.05) is 11.6 Å². The van der Waals surface area contributed by atoms with Gasteiger partial charge in [0.2, 0.25) is 0 Å². The fourth-order valence-electron chi connectivity index (χ4n) is 2.38. The van der Waals surface area contributed by atoms with E-state index < -0.39 is 10.0 Å². The van der Waals surface area contributed by atoms with Crippen LogP contribution in [0.15, 0.2) is 65.5 Å². The minimum Gasteiger partial charge on any atom is -0.337 e. The van der Waals surface area contributed by atoms with E-state index in [4.69, 9.17) is 11.6 Å². The molecule has 0 bridgehead atoms. The van der Waals surface area contributed by atoms with Crippen LogP contribution in [0, 0.1) is 0 Å². The van der Waals surface area contributed by atoms with Gasteiger partial charge in [0, 0.05) is 30.0 Å². The Morgan fingerprint density at radius 1 is 1.07 bits per heavy atom. The molecule has 0 aromatic carbocycles. The summed E-state index contributed by atoms with van der Waals surface area (Å²) in [5.74, 6) is 0.595. The largest absolute Gasteiger partial charge is 0.337 e. The van der Waals surface area contributed by atoms with Crippen molar-refractivity contribution >= 4 is 49.6 Å². The van der Waals surface area contributed by atoms with E-state index >= 15 is 0 Å². The van der Waals surface area contributed by atoms with Crippen LogP contribution in [0.4, 0.5) is 16.6 Å². The van der Waals surface area contributed by atoms with Gasteiger partial charge in [-0.15, -0.1) is 11.3 Å². The highest BCUT2D eigenvalue weighted by Crippen LogP contribution is 2.19. The Hall–Kier alpha value is -3.02. The zero-order valence-electron chi connectivity index (χ0n) is 14.7. The van der Waals surface area contributed by atoms with Gasteiger partial charge in [0.25, 0.3) is 10.0 Å². The highest BCUT2D eigenvalue weighted by atomic mass is 35.5. The number of pyridine rings is 2. The summed E-state index contributed by atoms with van der Waals surface area (Å²) < 4.78 is 28.7. The number of hydrogen-bond acceptors (Lipinski definition) is 8. The molecule has 0 unspecified atom stereocenters. The summed E-state index contributed by atoms with van der Waals surface area (Å²) >= 11 is 7.03. The smallest absolute Gasteiger partial charge is 0.281 e. The van der Waals surface area contributed by atoms with Crippen LogP contribution in [0.2, 0.25) is 5.02 Å². The summed E-state index contributed by atoms with van der Waals surface area (Å²) in [6.07, 6.45) is 6.34. The van der Waals surface area contributed by atoms with E-state index in [2.05, 4.69) is 30.1 Å². The first-order valence-corrected chi connectivity index (χ1v) is 11.0. The molecule has 0 aliphatic carbocycles. The highest BCUT2D eigenvalue weighted by molar-refractivity contribution is 7.92. The van der Waals surface area contributed by atoms with Crippen LogP contribution in [0.25, 0.3) is 0 Å². The van der Waals surface area contributed by atoms with Crippen LogP contribution in [0.3, 0.4) is 0 Å². The number of rotatable bonds is 7. The number of sulfonamides is 1. The number of aromatic nitrogens is 5. The highest BCUT2D eigenvalue weighted by Gasteiger charge is 2.17. The Morgan fingerprint density at radius 2 is 1.97 bits per heavy atom. The molecule has 0 atom stereocenters. The fraction of sp³-hybridized carbons (Fsp3) is 0.0588. The molecule has 9 nitrogen and oxygen atoms in total. The summed E-state index contributed by atoms with van der Waals surface area (Å²) in [5, 5.41) is 9.94. The molecule has 0 aliphatic heterocycles. The third-order valence-corrected chi connectivity index (χ3v) is 5.99. The van der Waals surface area contributed by atoms with E-state index in [1.807, 2.05) is 12.3 Å². The van der Waals surface area contributed by atoms with Crippen molar-refractivity contribution in [3.8, 4) is 0 Å². The second-order valence-electron chi connectivity index (χ2n) is 5.82. The van der Waals surface area contributed by atoms with Crippen molar-refractivity contribution in [3.05, 3.63) is 71.2 Å². The molecule has 12 heteroatoms. The van der Waals surface area contributed by atoms with Gasteiger partial charge in [-0.2, -0.15) is 13.5 Å². The van der Waals surface area contributed by atoms with E-state index in [1.54, 1.807) is 34.5 Å². The van der Waals surface area contributed by atoms with Gasteiger partial charge in [0.15, 0.2) is 16.0 Å². The van der Waals surface area contributed by atoms with Crippen LogP contribution in [-0.4, -0.2) is 33.2 Å². The summed E-state index contributed by atoms with van der Waals surface area (Å²) in [6.45, 7) is 0.497. The van der Waals surface area contributed by atoms with Gasteiger partial charge in [0.05, 0.1) is 29.1 Å². The normalized spacial score (nSPS) is 11.3. The van der Waals surface area contributed by atoms with Gasteiger partial charge in [-0.25, -0.2) is 9.97 Å². The van der Waals surface area contributed by atoms with E-state index in [1.165, 1.54) is 29.8 Å². The molecule has 4 rings (SSSR count). The minimum atomic E-state index is -3.78. The van der Waals surface area contributed by atoms with Crippen molar-refractivity contribution < 1.29 is 8.42 Å². The summed E-state index contributed by atoms with van der Waals surface area (Å²) in [7, 11) is -3.78. The standard InChI is InChI=1S/C17H14ClN7O2S2/c18-12-1-2-14(20-9-12)11-25-7-5-15(23-25)22-13-3-4-16(21-10-13)29(26,27)24-17-19-6-8-28-17/h1-10H,11H2,(H,19,24)(H,22,23). The van der Waals surface area contributed by atoms with Crippen molar-refractivity contribution in [2.45, 2.75) is 11.6 Å². The van der Waals surface area contributed by atoms with E-state index in [0.717, 1.165) is 5.69 Å². The van der Waals surface area contributed by atoms with Gasteiger partial charge in [0.1, 0.15) is 0 Å². The quantitative estimate of drug-likeness (QED) is 0.446. The molecular weight excluding hydrogens is 434 g/mol. The molecule has 4 aromatic heterocycles. The molecule has 0 fully saturated rings. The molecule has 4 heterocycles.